The van der Waals surface area contributed by atoms with E-state index in [-0.39, 0.29) is 0 Å². The first-order valence-electron chi connectivity index (χ1n) is 4.62. The van der Waals surface area contributed by atoms with E-state index >= 15 is 0 Å². The summed E-state index contributed by atoms with van der Waals surface area (Å²) in [5, 5.41) is 0. The van der Waals surface area contributed by atoms with Crippen LogP contribution in [0.25, 0.3) is 11.0 Å². The molecule has 0 bridgehead atoms. The third-order valence-electron chi connectivity index (χ3n) is 2.32. The number of H-pyrrole nitrogens is 1. The number of benzene rings is 1. The fraction of sp³-hybridized carbons (Fsp3) is 0.364. The average Bonchev–Trinajstić information content (AvgIpc) is 2.49. The molecule has 0 unspecified atom stereocenters. The van der Waals surface area contributed by atoms with E-state index in [1.54, 1.807) is 6.33 Å². The molecule has 2 nitrogen and oxygen atoms in total. The normalized spacial score (nSPS) is 11.4. The Balaban J connectivity index is 2.77. The number of fused-ring (bicyclic) bond motifs is 1. The highest BCUT2D eigenvalue weighted by molar-refractivity contribution is 5.79. The molecule has 13 heavy (non-hydrogen) atoms. The summed E-state index contributed by atoms with van der Waals surface area (Å²) in [6.07, 6.45) is 1.76. The molecule has 0 fully saturated rings. The molecule has 0 saturated heterocycles. The third-order valence-corrected chi connectivity index (χ3v) is 2.32. The van der Waals surface area contributed by atoms with Crippen LogP contribution in [0.15, 0.2) is 18.5 Å². The van der Waals surface area contributed by atoms with Crippen molar-refractivity contribution in [2.45, 2.75) is 26.7 Å². The number of hydrogen-bond donors (Lipinski definition) is 1. The summed E-state index contributed by atoms with van der Waals surface area (Å²) in [5.41, 5.74) is 4.88. The second-order valence-corrected chi connectivity index (χ2v) is 3.81. The lowest BCUT2D eigenvalue weighted by molar-refractivity contribution is 0.872. The Morgan fingerprint density at radius 2 is 2.08 bits per heavy atom. The van der Waals surface area contributed by atoms with E-state index in [1.165, 1.54) is 11.1 Å². The Kier molecular flexibility index (Phi) is 1.83. The molecule has 1 aromatic carbocycles. The van der Waals surface area contributed by atoms with Gasteiger partial charge in [-0.1, -0.05) is 19.9 Å². The largest absolute Gasteiger partial charge is 0.345 e. The summed E-state index contributed by atoms with van der Waals surface area (Å²) in [5.74, 6) is 0.533. The quantitative estimate of drug-likeness (QED) is 0.707. The summed E-state index contributed by atoms with van der Waals surface area (Å²) in [6, 6.07) is 4.35. The van der Waals surface area contributed by atoms with E-state index in [4.69, 9.17) is 0 Å². The SMILES string of the molecule is Cc1cc(C(C)C)c2nc[nH]c2c1. The molecule has 0 saturated carbocycles. The molecule has 0 aliphatic rings. The van der Waals surface area contributed by atoms with Crippen LogP contribution in [0.5, 0.6) is 0 Å². The monoisotopic (exact) mass is 174 g/mol. The Labute approximate surface area is 78.0 Å². The maximum Gasteiger partial charge on any atom is 0.0931 e. The number of nitrogens with one attached hydrogen (secondary N) is 1. The highest BCUT2D eigenvalue weighted by atomic mass is 14.9. The van der Waals surface area contributed by atoms with E-state index in [2.05, 4.69) is 42.9 Å². The van der Waals surface area contributed by atoms with Gasteiger partial charge in [0.15, 0.2) is 0 Å². The van der Waals surface area contributed by atoms with Gasteiger partial charge in [0.05, 0.1) is 17.4 Å². The van der Waals surface area contributed by atoms with Crippen molar-refractivity contribution in [3.63, 3.8) is 0 Å². The van der Waals surface area contributed by atoms with Gasteiger partial charge in [0.2, 0.25) is 0 Å². The van der Waals surface area contributed by atoms with Gasteiger partial charge >= 0.3 is 0 Å². The Bertz CT molecular complexity index is 427. The van der Waals surface area contributed by atoms with E-state index < -0.39 is 0 Å². The topological polar surface area (TPSA) is 28.7 Å². The summed E-state index contributed by atoms with van der Waals surface area (Å²) in [7, 11) is 0. The molecule has 0 aliphatic carbocycles. The molecule has 2 heteroatoms. The lowest BCUT2D eigenvalue weighted by atomic mass is 9.99. The zero-order valence-corrected chi connectivity index (χ0v) is 8.26. The second-order valence-electron chi connectivity index (χ2n) is 3.81. The van der Waals surface area contributed by atoms with Crippen molar-refractivity contribution in [2.75, 3.05) is 0 Å². The molecule has 0 radical (unpaired) electrons. The fourth-order valence-corrected chi connectivity index (χ4v) is 1.67. The first kappa shape index (κ1) is 8.30. The van der Waals surface area contributed by atoms with E-state index in [0.717, 1.165) is 11.0 Å². The number of imidazole rings is 1. The van der Waals surface area contributed by atoms with E-state index in [9.17, 15) is 0 Å². The van der Waals surface area contributed by atoms with Gasteiger partial charge in [-0.15, -0.1) is 0 Å². The summed E-state index contributed by atoms with van der Waals surface area (Å²) >= 11 is 0. The van der Waals surface area contributed by atoms with Crippen LogP contribution in [0, 0.1) is 6.92 Å². The number of nitrogens with zero attached hydrogens (tertiary/aromatic N) is 1. The summed E-state index contributed by atoms with van der Waals surface area (Å²) in [6.45, 7) is 6.51. The van der Waals surface area contributed by atoms with Gasteiger partial charge in [-0.05, 0) is 30.0 Å². The molecule has 0 spiro atoms. The van der Waals surface area contributed by atoms with Crippen molar-refractivity contribution in [1.82, 2.24) is 9.97 Å². The number of aromatic amines is 1. The predicted molar refractivity (Wildman–Crippen MR) is 54.9 cm³/mol. The first-order valence-corrected chi connectivity index (χ1v) is 4.62. The lowest BCUT2D eigenvalue weighted by Crippen LogP contribution is -1.90. The second kappa shape index (κ2) is 2.87. The highest BCUT2D eigenvalue weighted by Crippen LogP contribution is 2.24. The standard InChI is InChI=1S/C11H14N2/c1-7(2)9-4-8(3)5-10-11(9)13-6-12-10/h4-7H,1-3H3,(H,12,13). The average molecular weight is 174 g/mol. The van der Waals surface area contributed by atoms with Crippen molar-refractivity contribution < 1.29 is 0 Å². The van der Waals surface area contributed by atoms with Crippen molar-refractivity contribution in [3.8, 4) is 0 Å². The minimum Gasteiger partial charge on any atom is -0.345 e. The van der Waals surface area contributed by atoms with Gasteiger partial charge in [0.1, 0.15) is 0 Å². The van der Waals surface area contributed by atoms with E-state index in [1.807, 2.05) is 0 Å². The van der Waals surface area contributed by atoms with Crippen molar-refractivity contribution in [3.05, 3.63) is 29.6 Å². The maximum atomic E-state index is 4.33. The van der Waals surface area contributed by atoms with Crippen molar-refractivity contribution >= 4 is 11.0 Å². The Morgan fingerprint density at radius 1 is 1.31 bits per heavy atom. The van der Waals surface area contributed by atoms with Gasteiger partial charge in [0.25, 0.3) is 0 Å². The summed E-state index contributed by atoms with van der Waals surface area (Å²) in [4.78, 5) is 7.47. The molecule has 1 N–H and O–H groups in total. The van der Waals surface area contributed by atoms with Gasteiger partial charge in [-0.25, -0.2) is 4.98 Å². The van der Waals surface area contributed by atoms with Gasteiger partial charge < -0.3 is 4.98 Å². The van der Waals surface area contributed by atoms with Crippen LogP contribution >= 0.6 is 0 Å². The minimum absolute atomic E-state index is 0.533. The summed E-state index contributed by atoms with van der Waals surface area (Å²) < 4.78 is 0. The van der Waals surface area contributed by atoms with Crippen LogP contribution in [-0.4, -0.2) is 9.97 Å². The van der Waals surface area contributed by atoms with Crippen LogP contribution in [0.1, 0.15) is 30.9 Å². The Morgan fingerprint density at radius 3 is 2.77 bits per heavy atom. The van der Waals surface area contributed by atoms with Crippen molar-refractivity contribution in [2.24, 2.45) is 0 Å². The van der Waals surface area contributed by atoms with Crippen LogP contribution in [-0.2, 0) is 0 Å². The van der Waals surface area contributed by atoms with E-state index in [0.29, 0.717) is 5.92 Å². The number of aryl methyl sites for hydroxylation is 1. The fourth-order valence-electron chi connectivity index (χ4n) is 1.67. The van der Waals surface area contributed by atoms with Crippen LogP contribution < -0.4 is 0 Å². The first-order chi connectivity index (χ1) is 6.18. The van der Waals surface area contributed by atoms with Crippen LogP contribution in [0.3, 0.4) is 0 Å². The predicted octanol–water partition coefficient (Wildman–Crippen LogP) is 2.99. The molecule has 68 valence electrons. The number of aromatic nitrogens is 2. The molecular weight excluding hydrogens is 160 g/mol. The lowest BCUT2D eigenvalue weighted by Gasteiger charge is -2.07. The molecular formula is C11H14N2. The van der Waals surface area contributed by atoms with Gasteiger partial charge in [-0.2, -0.15) is 0 Å². The maximum absolute atomic E-state index is 4.33. The number of rotatable bonds is 1. The molecule has 2 aromatic rings. The number of hydrogen-bond acceptors (Lipinski definition) is 1. The molecule has 1 heterocycles. The smallest absolute Gasteiger partial charge is 0.0931 e. The zero-order chi connectivity index (χ0) is 9.42. The molecule has 0 atom stereocenters. The third kappa shape index (κ3) is 1.32. The van der Waals surface area contributed by atoms with Gasteiger partial charge in [-0.3, -0.25) is 0 Å². The molecule has 0 aliphatic heterocycles. The minimum atomic E-state index is 0.533. The highest BCUT2D eigenvalue weighted by Gasteiger charge is 2.07. The van der Waals surface area contributed by atoms with Gasteiger partial charge in [0, 0.05) is 0 Å². The molecule has 1 aromatic heterocycles. The zero-order valence-electron chi connectivity index (χ0n) is 8.26. The Hall–Kier alpha value is -1.31. The molecule has 0 amide bonds. The van der Waals surface area contributed by atoms with Crippen LogP contribution in [0.4, 0.5) is 0 Å². The van der Waals surface area contributed by atoms with Crippen molar-refractivity contribution in [1.29, 1.82) is 0 Å². The van der Waals surface area contributed by atoms with Crippen LogP contribution in [0.2, 0.25) is 0 Å². The molecule has 2 rings (SSSR count).